The Morgan fingerprint density at radius 1 is 1.05 bits per heavy atom. The molecule has 2 rings (SSSR count). The smallest absolute Gasteiger partial charge is 0.191 e. The first-order valence-corrected chi connectivity index (χ1v) is 6.34. The van der Waals surface area contributed by atoms with Crippen molar-refractivity contribution in [2.75, 3.05) is 13.2 Å². The van der Waals surface area contributed by atoms with Crippen LogP contribution in [0.1, 0.15) is 15.9 Å². The van der Waals surface area contributed by atoms with Gasteiger partial charge in [-0.05, 0) is 17.7 Å². The van der Waals surface area contributed by atoms with Crippen molar-refractivity contribution >= 4 is 11.9 Å². The highest BCUT2D eigenvalue weighted by atomic mass is 19.1. The van der Waals surface area contributed by atoms with Gasteiger partial charge in [-0.3, -0.25) is 4.79 Å². The zero-order valence-corrected chi connectivity index (χ0v) is 11.0. The van der Waals surface area contributed by atoms with Crippen LogP contribution in [0.3, 0.4) is 0 Å². The molecule has 102 valence electrons. The maximum Gasteiger partial charge on any atom is 0.191 e. The van der Waals surface area contributed by atoms with Gasteiger partial charge in [0.2, 0.25) is 0 Å². The van der Waals surface area contributed by atoms with Crippen LogP contribution in [0.15, 0.2) is 60.7 Å². The Morgan fingerprint density at radius 3 is 2.50 bits per heavy atom. The van der Waals surface area contributed by atoms with Crippen molar-refractivity contribution in [2.24, 2.45) is 0 Å². The van der Waals surface area contributed by atoms with Gasteiger partial charge in [0.25, 0.3) is 0 Å². The maximum absolute atomic E-state index is 13.3. The molecule has 2 aromatic rings. The van der Waals surface area contributed by atoms with Crippen LogP contribution in [-0.2, 0) is 4.74 Å². The van der Waals surface area contributed by atoms with Crippen molar-refractivity contribution in [3.8, 4) is 0 Å². The summed E-state index contributed by atoms with van der Waals surface area (Å²) in [5, 5.41) is 0. The summed E-state index contributed by atoms with van der Waals surface area (Å²) in [6.07, 6.45) is 3.73. The van der Waals surface area contributed by atoms with Crippen LogP contribution in [0.5, 0.6) is 0 Å². The van der Waals surface area contributed by atoms with Crippen LogP contribution < -0.4 is 0 Å². The molecule has 0 radical (unpaired) electrons. The van der Waals surface area contributed by atoms with E-state index in [1.807, 2.05) is 42.5 Å². The standard InChI is InChI=1S/C17H15FO2/c18-16-11-5-4-10-15(16)17(19)13-20-12-6-9-14-7-2-1-3-8-14/h1-11H,12-13H2. The van der Waals surface area contributed by atoms with Gasteiger partial charge in [0.15, 0.2) is 5.78 Å². The molecule has 0 aromatic heterocycles. The average Bonchev–Trinajstić information content (AvgIpc) is 2.48. The molecular weight excluding hydrogens is 255 g/mol. The van der Waals surface area contributed by atoms with Gasteiger partial charge < -0.3 is 4.74 Å². The van der Waals surface area contributed by atoms with Gasteiger partial charge in [0, 0.05) is 0 Å². The lowest BCUT2D eigenvalue weighted by Crippen LogP contribution is -2.10. The Bertz CT molecular complexity index is 591. The molecule has 2 nitrogen and oxygen atoms in total. The molecule has 0 unspecified atom stereocenters. The number of hydrogen-bond acceptors (Lipinski definition) is 2. The number of halogens is 1. The maximum atomic E-state index is 13.3. The van der Waals surface area contributed by atoms with E-state index >= 15 is 0 Å². The van der Waals surface area contributed by atoms with Gasteiger partial charge >= 0.3 is 0 Å². The summed E-state index contributed by atoms with van der Waals surface area (Å²) < 4.78 is 18.6. The molecule has 2 aromatic carbocycles. The van der Waals surface area contributed by atoms with E-state index in [1.165, 1.54) is 12.1 Å². The van der Waals surface area contributed by atoms with Crippen molar-refractivity contribution in [3.63, 3.8) is 0 Å². The van der Waals surface area contributed by atoms with E-state index in [4.69, 9.17) is 4.74 Å². The predicted molar refractivity (Wildman–Crippen MR) is 77.0 cm³/mol. The summed E-state index contributed by atoms with van der Waals surface area (Å²) in [5.74, 6) is -0.864. The third-order valence-corrected chi connectivity index (χ3v) is 2.73. The molecule has 0 bridgehead atoms. The van der Waals surface area contributed by atoms with Gasteiger partial charge in [-0.25, -0.2) is 4.39 Å². The fourth-order valence-corrected chi connectivity index (χ4v) is 1.73. The number of ether oxygens (including phenoxy) is 1. The van der Waals surface area contributed by atoms with Crippen molar-refractivity contribution in [1.29, 1.82) is 0 Å². The molecule has 0 amide bonds. The first-order chi connectivity index (χ1) is 9.77. The van der Waals surface area contributed by atoms with Crippen LogP contribution in [-0.4, -0.2) is 19.0 Å². The van der Waals surface area contributed by atoms with Gasteiger partial charge in [-0.2, -0.15) is 0 Å². The Balaban J connectivity index is 1.78. The topological polar surface area (TPSA) is 26.3 Å². The Hall–Kier alpha value is -2.26. The van der Waals surface area contributed by atoms with E-state index in [9.17, 15) is 9.18 Å². The van der Waals surface area contributed by atoms with E-state index in [0.717, 1.165) is 5.56 Å². The zero-order valence-electron chi connectivity index (χ0n) is 11.0. The Kier molecular flexibility index (Phi) is 5.21. The fourth-order valence-electron chi connectivity index (χ4n) is 1.73. The molecule has 0 fully saturated rings. The second-order valence-corrected chi connectivity index (χ2v) is 4.23. The molecular formula is C17H15FO2. The van der Waals surface area contributed by atoms with E-state index in [0.29, 0.717) is 6.61 Å². The molecule has 0 aliphatic carbocycles. The van der Waals surface area contributed by atoms with Crippen molar-refractivity contribution < 1.29 is 13.9 Å². The highest BCUT2D eigenvalue weighted by molar-refractivity contribution is 5.97. The summed E-state index contributed by atoms with van der Waals surface area (Å²) in [6, 6.07) is 15.7. The minimum absolute atomic E-state index is 0.0690. The molecule has 0 saturated carbocycles. The largest absolute Gasteiger partial charge is 0.369 e. The third-order valence-electron chi connectivity index (χ3n) is 2.73. The lowest BCUT2D eigenvalue weighted by atomic mass is 10.1. The van der Waals surface area contributed by atoms with Crippen LogP contribution >= 0.6 is 0 Å². The second kappa shape index (κ2) is 7.36. The normalized spacial score (nSPS) is 10.8. The van der Waals surface area contributed by atoms with E-state index in [1.54, 1.807) is 12.1 Å². The first kappa shape index (κ1) is 14.2. The summed E-state index contributed by atoms with van der Waals surface area (Å²) in [5.41, 5.74) is 1.14. The summed E-state index contributed by atoms with van der Waals surface area (Å²) in [6.45, 7) is 0.190. The number of hydrogen-bond donors (Lipinski definition) is 0. The minimum atomic E-state index is -0.513. The van der Waals surface area contributed by atoms with E-state index in [-0.39, 0.29) is 18.0 Å². The summed E-state index contributed by atoms with van der Waals surface area (Å²) >= 11 is 0. The van der Waals surface area contributed by atoms with Crippen LogP contribution in [0.25, 0.3) is 6.08 Å². The number of benzene rings is 2. The quantitative estimate of drug-likeness (QED) is 0.590. The van der Waals surface area contributed by atoms with Crippen LogP contribution in [0.2, 0.25) is 0 Å². The summed E-state index contributed by atoms with van der Waals surface area (Å²) in [4.78, 5) is 11.7. The predicted octanol–water partition coefficient (Wildman–Crippen LogP) is 3.74. The molecule has 0 N–H and O–H groups in total. The molecule has 3 heteroatoms. The summed E-state index contributed by atoms with van der Waals surface area (Å²) in [7, 11) is 0. The molecule has 0 aliphatic heterocycles. The number of carbonyl (C=O) groups excluding carboxylic acids is 1. The third kappa shape index (κ3) is 4.14. The van der Waals surface area contributed by atoms with Gasteiger partial charge in [-0.15, -0.1) is 0 Å². The van der Waals surface area contributed by atoms with Crippen LogP contribution in [0, 0.1) is 5.82 Å². The Morgan fingerprint density at radius 2 is 1.75 bits per heavy atom. The highest BCUT2D eigenvalue weighted by Crippen LogP contribution is 2.07. The van der Waals surface area contributed by atoms with Crippen LogP contribution in [0.4, 0.5) is 4.39 Å². The number of ketones is 1. The SMILES string of the molecule is O=C(COCC=Cc1ccccc1)c1ccccc1F. The number of Topliss-reactive ketones (excluding diaryl/α,β-unsaturated/α-hetero) is 1. The lowest BCUT2D eigenvalue weighted by molar-refractivity contribution is 0.0802. The number of carbonyl (C=O) groups is 1. The molecule has 0 aliphatic rings. The number of rotatable bonds is 6. The monoisotopic (exact) mass is 270 g/mol. The van der Waals surface area contributed by atoms with E-state index < -0.39 is 5.82 Å². The molecule has 0 atom stereocenters. The fraction of sp³-hybridized carbons (Fsp3) is 0.118. The Labute approximate surface area is 117 Å². The molecule has 20 heavy (non-hydrogen) atoms. The van der Waals surface area contributed by atoms with Crippen molar-refractivity contribution in [2.45, 2.75) is 0 Å². The van der Waals surface area contributed by atoms with Crippen molar-refractivity contribution in [1.82, 2.24) is 0 Å². The van der Waals surface area contributed by atoms with Crippen molar-refractivity contribution in [3.05, 3.63) is 77.6 Å². The molecule has 0 spiro atoms. The minimum Gasteiger partial charge on any atom is -0.369 e. The highest BCUT2D eigenvalue weighted by Gasteiger charge is 2.09. The molecule has 0 heterocycles. The molecule has 0 saturated heterocycles. The first-order valence-electron chi connectivity index (χ1n) is 6.34. The van der Waals surface area contributed by atoms with Gasteiger partial charge in [0.1, 0.15) is 12.4 Å². The van der Waals surface area contributed by atoms with E-state index in [2.05, 4.69) is 0 Å². The zero-order chi connectivity index (χ0) is 14.2. The lowest BCUT2D eigenvalue weighted by Gasteiger charge is -2.02. The van der Waals surface area contributed by atoms with Gasteiger partial charge in [0.05, 0.1) is 12.2 Å². The second-order valence-electron chi connectivity index (χ2n) is 4.23. The van der Waals surface area contributed by atoms with Gasteiger partial charge in [-0.1, -0.05) is 54.6 Å². The average molecular weight is 270 g/mol.